The SMILES string of the molecule is Cn1cc(C(=O)OCC(=O)N2CCCCCCC2)cn1. The van der Waals surface area contributed by atoms with Gasteiger partial charge in [0.15, 0.2) is 6.61 Å². The molecular formula is C14H21N3O3. The summed E-state index contributed by atoms with van der Waals surface area (Å²) in [5.74, 6) is -0.609. The molecule has 0 aromatic carbocycles. The molecule has 110 valence electrons. The van der Waals surface area contributed by atoms with Gasteiger partial charge in [-0.1, -0.05) is 19.3 Å². The van der Waals surface area contributed by atoms with Crippen LogP contribution in [0.5, 0.6) is 0 Å². The third kappa shape index (κ3) is 4.08. The number of aromatic nitrogens is 2. The van der Waals surface area contributed by atoms with Crippen molar-refractivity contribution in [2.75, 3.05) is 19.7 Å². The Balaban J connectivity index is 1.80. The van der Waals surface area contributed by atoms with E-state index in [1.165, 1.54) is 30.1 Å². The molecule has 1 aromatic heterocycles. The van der Waals surface area contributed by atoms with E-state index in [0.29, 0.717) is 5.56 Å². The summed E-state index contributed by atoms with van der Waals surface area (Å²) in [6.07, 6.45) is 8.65. The van der Waals surface area contributed by atoms with Gasteiger partial charge in [-0.3, -0.25) is 9.48 Å². The number of nitrogens with zero attached hydrogens (tertiary/aromatic N) is 3. The highest BCUT2D eigenvalue weighted by molar-refractivity contribution is 5.90. The van der Waals surface area contributed by atoms with Crippen molar-refractivity contribution in [3.8, 4) is 0 Å². The molecule has 6 nitrogen and oxygen atoms in total. The van der Waals surface area contributed by atoms with Crippen molar-refractivity contribution in [3.05, 3.63) is 18.0 Å². The lowest BCUT2D eigenvalue weighted by atomic mass is 10.1. The van der Waals surface area contributed by atoms with Gasteiger partial charge in [0, 0.05) is 26.3 Å². The number of rotatable bonds is 3. The first-order valence-corrected chi connectivity index (χ1v) is 7.10. The van der Waals surface area contributed by atoms with E-state index in [-0.39, 0.29) is 12.5 Å². The molecule has 1 aliphatic heterocycles. The Hall–Kier alpha value is -1.85. The summed E-state index contributed by atoms with van der Waals surface area (Å²) in [5.41, 5.74) is 0.368. The number of esters is 1. The van der Waals surface area contributed by atoms with Crippen LogP contribution in [0.3, 0.4) is 0 Å². The van der Waals surface area contributed by atoms with Gasteiger partial charge in [0.2, 0.25) is 0 Å². The quantitative estimate of drug-likeness (QED) is 0.784. The second-order valence-corrected chi connectivity index (χ2v) is 5.13. The normalized spacial score (nSPS) is 16.4. The van der Waals surface area contributed by atoms with Crippen molar-refractivity contribution >= 4 is 11.9 Å². The molecule has 6 heteroatoms. The summed E-state index contributed by atoms with van der Waals surface area (Å²) in [6.45, 7) is 1.35. The topological polar surface area (TPSA) is 64.4 Å². The van der Waals surface area contributed by atoms with Crippen LogP contribution in [0.4, 0.5) is 0 Å². The Kier molecular flexibility index (Phi) is 5.15. The molecule has 2 heterocycles. The molecule has 0 saturated carbocycles. The lowest BCUT2D eigenvalue weighted by Gasteiger charge is -2.24. The van der Waals surface area contributed by atoms with E-state index in [9.17, 15) is 9.59 Å². The van der Waals surface area contributed by atoms with E-state index in [0.717, 1.165) is 25.9 Å². The number of carbonyl (C=O) groups excluding carboxylic acids is 2. The van der Waals surface area contributed by atoms with E-state index in [1.807, 2.05) is 0 Å². The number of likely N-dealkylation sites (tertiary alicyclic amines) is 1. The minimum atomic E-state index is -0.501. The van der Waals surface area contributed by atoms with Crippen molar-refractivity contribution < 1.29 is 14.3 Å². The molecule has 0 N–H and O–H groups in total. The molecule has 0 bridgehead atoms. The monoisotopic (exact) mass is 279 g/mol. The van der Waals surface area contributed by atoms with Crippen molar-refractivity contribution in [3.63, 3.8) is 0 Å². The van der Waals surface area contributed by atoms with Gasteiger partial charge in [-0.15, -0.1) is 0 Å². The highest BCUT2D eigenvalue weighted by atomic mass is 16.5. The van der Waals surface area contributed by atoms with Gasteiger partial charge in [-0.2, -0.15) is 5.10 Å². The number of hydrogen-bond donors (Lipinski definition) is 0. The lowest BCUT2D eigenvalue weighted by Crippen LogP contribution is -2.36. The standard InChI is InChI=1S/C14H21N3O3/c1-16-10-12(9-15-16)14(19)20-11-13(18)17-7-5-3-2-4-6-8-17/h9-10H,2-8,11H2,1H3. The van der Waals surface area contributed by atoms with Gasteiger partial charge in [0.1, 0.15) is 0 Å². The van der Waals surface area contributed by atoms with Crippen LogP contribution in [0.25, 0.3) is 0 Å². The summed E-state index contributed by atoms with van der Waals surface area (Å²) >= 11 is 0. The third-order valence-corrected chi connectivity index (χ3v) is 3.48. The van der Waals surface area contributed by atoms with Gasteiger partial charge < -0.3 is 9.64 Å². The maximum absolute atomic E-state index is 12.0. The molecule has 1 fully saturated rings. The van der Waals surface area contributed by atoms with Crippen LogP contribution in [-0.4, -0.2) is 46.3 Å². The first-order valence-electron chi connectivity index (χ1n) is 7.10. The van der Waals surface area contributed by atoms with Gasteiger partial charge in [0.05, 0.1) is 11.8 Å². The van der Waals surface area contributed by atoms with Crippen LogP contribution >= 0.6 is 0 Å². The Morgan fingerprint density at radius 2 is 1.85 bits per heavy atom. The zero-order chi connectivity index (χ0) is 14.4. The average molecular weight is 279 g/mol. The van der Waals surface area contributed by atoms with Crippen LogP contribution in [-0.2, 0) is 16.6 Å². The molecular weight excluding hydrogens is 258 g/mol. The van der Waals surface area contributed by atoms with Gasteiger partial charge in [0.25, 0.3) is 5.91 Å². The van der Waals surface area contributed by atoms with Gasteiger partial charge in [-0.25, -0.2) is 4.79 Å². The Bertz CT molecular complexity index is 462. The molecule has 0 atom stereocenters. The first-order chi connectivity index (χ1) is 9.66. The first kappa shape index (κ1) is 14.6. The number of hydrogen-bond acceptors (Lipinski definition) is 4. The predicted octanol–water partition coefficient (Wildman–Crippen LogP) is 1.37. The maximum atomic E-state index is 12.0. The van der Waals surface area contributed by atoms with Crippen LogP contribution < -0.4 is 0 Å². The van der Waals surface area contributed by atoms with Crippen molar-refractivity contribution in [2.45, 2.75) is 32.1 Å². The summed E-state index contributed by atoms with van der Waals surface area (Å²) in [4.78, 5) is 25.6. The Labute approximate surface area is 118 Å². The molecule has 1 aromatic rings. The van der Waals surface area contributed by atoms with Crippen molar-refractivity contribution in [1.82, 2.24) is 14.7 Å². The molecule has 0 spiro atoms. The molecule has 0 unspecified atom stereocenters. The van der Waals surface area contributed by atoms with Crippen LogP contribution in [0, 0.1) is 0 Å². The minimum absolute atomic E-state index is 0.107. The van der Waals surface area contributed by atoms with Crippen molar-refractivity contribution in [2.24, 2.45) is 7.05 Å². The summed E-state index contributed by atoms with van der Waals surface area (Å²) in [6, 6.07) is 0. The second kappa shape index (κ2) is 7.07. The molecule has 20 heavy (non-hydrogen) atoms. The lowest BCUT2D eigenvalue weighted by molar-refractivity contribution is -0.134. The maximum Gasteiger partial charge on any atom is 0.341 e. The van der Waals surface area contributed by atoms with E-state index >= 15 is 0 Å². The molecule has 1 aliphatic rings. The van der Waals surface area contributed by atoms with Crippen LogP contribution in [0.15, 0.2) is 12.4 Å². The summed E-state index contributed by atoms with van der Waals surface area (Å²) in [5, 5.41) is 3.90. The number of carbonyl (C=O) groups is 2. The minimum Gasteiger partial charge on any atom is -0.452 e. The number of amides is 1. The number of aryl methyl sites for hydroxylation is 1. The highest BCUT2D eigenvalue weighted by Gasteiger charge is 2.17. The Morgan fingerprint density at radius 1 is 1.20 bits per heavy atom. The smallest absolute Gasteiger partial charge is 0.341 e. The third-order valence-electron chi connectivity index (χ3n) is 3.48. The van der Waals surface area contributed by atoms with Gasteiger partial charge in [-0.05, 0) is 12.8 Å². The number of ether oxygens (including phenoxy) is 1. The zero-order valence-corrected chi connectivity index (χ0v) is 11.9. The van der Waals surface area contributed by atoms with E-state index in [2.05, 4.69) is 5.10 Å². The molecule has 0 aliphatic carbocycles. The molecule has 1 amide bonds. The van der Waals surface area contributed by atoms with Crippen LogP contribution in [0.1, 0.15) is 42.5 Å². The second-order valence-electron chi connectivity index (χ2n) is 5.13. The predicted molar refractivity (Wildman–Crippen MR) is 73.2 cm³/mol. The zero-order valence-electron chi connectivity index (χ0n) is 11.9. The molecule has 2 rings (SSSR count). The van der Waals surface area contributed by atoms with E-state index in [4.69, 9.17) is 4.74 Å². The van der Waals surface area contributed by atoms with E-state index < -0.39 is 5.97 Å². The van der Waals surface area contributed by atoms with Gasteiger partial charge >= 0.3 is 5.97 Å². The highest BCUT2D eigenvalue weighted by Crippen LogP contribution is 2.10. The Morgan fingerprint density at radius 3 is 2.45 bits per heavy atom. The van der Waals surface area contributed by atoms with Crippen LogP contribution in [0.2, 0.25) is 0 Å². The fourth-order valence-corrected chi connectivity index (χ4v) is 2.33. The summed E-state index contributed by atoms with van der Waals surface area (Å²) < 4.78 is 6.57. The molecule has 1 saturated heterocycles. The fraction of sp³-hybridized carbons (Fsp3) is 0.643. The van der Waals surface area contributed by atoms with Crippen molar-refractivity contribution in [1.29, 1.82) is 0 Å². The largest absolute Gasteiger partial charge is 0.452 e. The van der Waals surface area contributed by atoms with E-state index in [1.54, 1.807) is 18.1 Å². The summed E-state index contributed by atoms with van der Waals surface area (Å²) in [7, 11) is 1.72. The fourth-order valence-electron chi connectivity index (χ4n) is 2.33. The average Bonchev–Trinajstić information content (AvgIpc) is 2.82. The molecule has 0 radical (unpaired) electrons.